The molecular weight excluding hydrogens is 263 g/mol. The number of hydrogen-bond donors (Lipinski definition) is 2. The summed E-state index contributed by atoms with van der Waals surface area (Å²) in [5.41, 5.74) is 4.63. The third kappa shape index (κ3) is 2.72. The van der Waals surface area contributed by atoms with Gasteiger partial charge in [-0.2, -0.15) is 13.2 Å². The minimum atomic E-state index is -4.52. The van der Waals surface area contributed by atoms with Gasteiger partial charge in [-0.1, -0.05) is 0 Å². The largest absolute Gasteiger partial charge is 0.481 e. The highest BCUT2D eigenvalue weighted by Crippen LogP contribution is 2.31. The predicted octanol–water partition coefficient (Wildman–Crippen LogP) is 1.86. The van der Waals surface area contributed by atoms with E-state index in [1.54, 1.807) is 0 Å². The number of rotatable bonds is 2. The van der Waals surface area contributed by atoms with E-state index in [1.807, 2.05) is 0 Å². The van der Waals surface area contributed by atoms with Crippen LogP contribution in [0.3, 0.4) is 0 Å². The number of benzene rings is 1. The molecule has 1 heterocycles. The number of carboxylic acids is 1. The van der Waals surface area contributed by atoms with Crippen molar-refractivity contribution in [3.05, 3.63) is 29.5 Å². The highest BCUT2D eigenvalue weighted by Gasteiger charge is 2.31. The SMILES string of the molecule is Nc1nc(CC(=O)O)c2cc(C(F)(F)F)ccc2n1. The number of aromatic nitrogens is 2. The first-order chi connectivity index (χ1) is 8.77. The summed E-state index contributed by atoms with van der Waals surface area (Å²) < 4.78 is 37.8. The molecule has 0 atom stereocenters. The van der Waals surface area contributed by atoms with Gasteiger partial charge in [0.1, 0.15) is 0 Å². The van der Waals surface area contributed by atoms with E-state index >= 15 is 0 Å². The first kappa shape index (κ1) is 13.1. The van der Waals surface area contributed by atoms with Crippen LogP contribution in [0, 0.1) is 0 Å². The van der Waals surface area contributed by atoms with Gasteiger partial charge in [0.15, 0.2) is 0 Å². The van der Waals surface area contributed by atoms with Crippen LogP contribution in [-0.4, -0.2) is 21.0 Å². The van der Waals surface area contributed by atoms with Crippen molar-refractivity contribution in [2.24, 2.45) is 0 Å². The summed E-state index contributed by atoms with van der Waals surface area (Å²) >= 11 is 0. The van der Waals surface area contributed by atoms with Crippen LogP contribution in [0.4, 0.5) is 19.1 Å². The molecule has 8 heteroatoms. The first-order valence-corrected chi connectivity index (χ1v) is 5.12. The van der Waals surface area contributed by atoms with Crippen molar-refractivity contribution in [3.63, 3.8) is 0 Å². The molecular formula is C11H8F3N3O2. The summed E-state index contributed by atoms with van der Waals surface area (Å²) in [6, 6.07) is 2.83. The lowest BCUT2D eigenvalue weighted by Gasteiger charge is -2.09. The molecule has 0 aliphatic rings. The third-order valence-corrected chi connectivity index (χ3v) is 2.44. The van der Waals surface area contributed by atoms with E-state index in [9.17, 15) is 18.0 Å². The lowest BCUT2D eigenvalue weighted by atomic mass is 10.1. The van der Waals surface area contributed by atoms with Gasteiger partial charge in [0.2, 0.25) is 5.95 Å². The quantitative estimate of drug-likeness (QED) is 0.870. The van der Waals surface area contributed by atoms with Crippen molar-refractivity contribution in [2.45, 2.75) is 12.6 Å². The summed E-state index contributed by atoms with van der Waals surface area (Å²) in [6.45, 7) is 0. The van der Waals surface area contributed by atoms with E-state index in [0.717, 1.165) is 18.2 Å². The van der Waals surface area contributed by atoms with Crippen molar-refractivity contribution < 1.29 is 23.1 Å². The smallest absolute Gasteiger partial charge is 0.416 e. The molecule has 19 heavy (non-hydrogen) atoms. The molecule has 0 spiro atoms. The fraction of sp³-hybridized carbons (Fsp3) is 0.182. The number of hydrogen-bond acceptors (Lipinski definition) is 4. The second-order valence-electron chi connectivity index (χ2n) is 3.83. The Kier molecular flexibility index (Phi) is 3.01. The van der Waals surface area contributed by atoms with E-state index in [4.69, 9.17) is 10.8 Å². The molecule has 0 fully saturated rings. The van der Waals surface area contributed by atoms with E-state index < -0.39 is 24.1 Å². The van der Waals surface area contributed by atoms with Gasteiger partial charge in [0, 0.05) is 5.39 Å². The molecule has 100 valence electrons. The van der Waals surface area contributed by atoms with Crippen LogP contribution in [-0.2, 0) is 17.4 Å². The van der Waals surface area contributed by atoms with Gasteiger partial charge in [0.25, 0.3) is 0 Å². The Labute approximate surface area is 104 Å². The zero-order chi connectivity index (χ0) is 14.2. The van der Waals surface area contributed by atoms with Crippen LogP contribution >= 0.6 is 0 Å². The minimum Gasteiger partial charge on any atom is -0.481 e. The molecule has 0 bridgehead atoms. The Morgan fingerprint density at radius 1 is 1.32 bits per heavy atom. The van der Waals surface area contributed by atoms with Gasteiger partial charge in [-0.15, -0.1) is 0 Å². The first-order valence-electron chi connectivity index (χ1n) is 5.12. The van der Waals surface area contributed by atoms with Crippen molar-refractivity contribution in [1.29, 1.82) is 0 Å². The maximum atomic E-state index is 12.6. The monoisotopic (exact) mass is 271 g/mol. The normalized spacial score (nSPS) is 11.7. The average molecular weight is 271 g/mol. The van der Waals surface area contributed by atoms with Gasteiger partial charge < -0.3 is 10.8 Å². The van der Waals surface area contributed by atoms with Crippen LogP contribution in [0.5, 0.6) is 0 Å². The van der Waals surface area contributed by atoms with E-state index in [-0.39, 0.29) is 22.5 Å². The molecule has 0 saturated heterocycles. The number of nitrogens with two attached hydrogens (primary N) is 1. The number of halogens is 3. The van der Waals surface area contributed by atoms with Crippen molar-refractivity contribution in [2.75, 3.05) is 5.73 Å². The molecule has 0 saturated carbocycles. The number of fused-ring (bicyclic) bond motifs is 1. The number of alkyl halides is 3. The number of nitrogen functional groups attached to an aromatic ring is 1. The third-order valence-electron chi connectivity index (χ3n) is 2.44. The molecule has 0 aliphatic carbocycles. The second-order valence-corrected chi connectivity index (χ2v) is 3.83. The highest BCUT2D eigenvalue weighted by atomic mass is 19.4. The van der Waals surface area contributed by atoms with Gasteiger partial charge >= 0.3 is 12.1 Å². The van der Waals surface area contributed by atoms with Gasteiger partial charge in [0.05, 0.1) is 23.2 Å². The summed E-state index contributed by atoms with van der Waals surface area (Å²) in [5.74, 6) is -1.39. The van der Waals surface area contributed by atoms with Crippen LogP contribution in [0.15, 0.2) is 18.2 Å². The molecule has 5 nitrogen and oxygen atoms in total. The van der Waals surface area contributed by atoms with Crippen LogP contribution < -0.4 is 5.73 Å². The highest BCUT2D eigenvalue weighted by molar-refractivity contribution is 5.86. The maximum absolute atomic E-state index is 12.6. The van der Waals surface area contributed by atoms with Crippen molar-refractivity contribution >= 4 is 22.8 Å². The number of aliphatic carboxylic acids is 1. The summed E-state index contributed by atoms with van der Waals surface area (Å²) in [6.07, 6.45) is -5.04. The second kappa shape index (κ2) is 4.38. The fourth-order valence-corrected chi connectivity index (χ4v) is 1.67. The van der Waals surface area contributed by atoms with Crippen molar-refractivity contribution in [1.82, 2.24) is 9.97 Å². The van der Waals surface area contributed by atoms with Gasteiger partial charge in [-0.05, 0) is 18.2 Å². The lowest BCUT2D eigenvalue weighted by molar-refractivity contribution is -0.137. The fourth-order valence-electron chi connectivity index (χ4n) is 1.67. The lowest BCUT2D eigenvalue weighted by Crippen LogP contribution is -2.09. The van der Waals surface area contributed by atoms with Crippen molar-refractivity contribution in [3.8, 4) is 0 Å². The standard InChI is InChI=1S/C11H8F3N3O2/c12-11(13,14)5-1-2-7-6(3-5)8(4-9(18)19)17-10(15)16-7/h1-3H,4H2,(H,18,19)(H2,15,16,17). The van der Waals surface area contributed by atoms with Gasteiger partial charge in [-0.3, -0.25) is 4.79 Å². The zero-order valence-electron chi connectivity index (χ0n) is 9.40. The summed E-state index contributed by atoms with van der Waals surface area (Å²) in [7, 11) is 0. The molecule has 0 amide bonds. The molecule has 2 aromatic rings. The average Bonchev–Trinajstić information content (AvgIpc) is 2.26. The number of nitrogens with zero attached hydrogens (tertiary/aromatic N) is 2. The Balaban J connectivity index is 2.68. The maximum Gasteiger partial charge on any atom is 0.416 e. The Bertz CT molecular complexity index is 655. The topological polar surface area (TPSA) is 89.1 Å². The number of carbonyl (C=O) groups is 1. The molecule has 0 aliphatic heterocycles. The predicted molar refractivity (Wildman–Crippen MR) is 60.3 cm³/mol. The minimum absolute atomic E-state index is 0.0337. The van der Waals surface area contributed by atoms with Crippen LogP contribution in [0.1, 0.15) is 11.3 Å². The zero-order valence-corrected chi connectivity index (χ0v) is 9.40. The summed E-state index contributed by atoms with van der Waals surface area (Å²) in [5, 5.41) is 8.76. The van der Waals surface area contributed by atoms with E-state index in [1.165, 1.54) is 0 Å². The van der Waals surface area contributed by atoms with Crippen LogP contribution in [0.25, 0.3) is 10.9 Å². The van der Waals surface area contributed by atoms with E-state index in [2.05, 4.69) is 9.97 Å². The molecule has 0 radical (unpaired) electrons. The molecule has 2 rings (SSSR count). The molecule has 3 N–H and O–H groups in total. The van der Waals surface area contributed by atoms with Crippen LogP contribution in [0.2, 0.25) is 0 Å². The number of anilines is 1. The van der Waals surface area contributed by atoms with Gasteiger partial charge in [-0.25, -0.2) is 9.97 Å². The Morgan fingerprint density at radius 3 is 2.58 bits per heavy atom. The Hall–Kier alpha value is -2.38. The molecule has 1 aromatic carbocycles. The summed E-state index contributed by atoms with van der Waals surface area (Å²) in [4.78, 5) is 18.1. The Morgan fingerprint density at radius 2 is 2.00 bits per heavy atom. The molecule has 1 aromatic heterocycles. The number of carboxylic acid groups (broad SMARTS) is 1. The van der Waals surface area contributed by atoms with E-state index in [0.29, 0.717) is 0 Å². The molecule has 0 unspecified atom stereocenters.